The minimum absolute atomic E-state index is 0.185. The molecule has 2 N–H and O–H groups in total. The van der Waals surface area contributed by atoms with Gasteiger partial charge in [0.25, 0.3) is 11.8 Å². The van der Waals surface area contributed by atoms with Crippen LogP contribution in [0, 0.1) is 3.57 Å². The van der Waals surface area contributed by atoms with Gasteiger partial charge < -0.3 is 15.4 Å². The summed E-state index contributed by atoms with van der Waals surface area (Å²) >= 11 is 2.12. The maximum absolute atomic E-state index is 12.7. The van der Waals surface area contributed by atoms with E-state index in [0.29, 0.717) is 22.6 Å². The summed E-state index contributed by atoms with van der Waals surface area (Å²) in [7, 11) is 0. The van der Waals surface area contributed by atoms with Crippen molar-refractivity contribution in [3.05, 3.63) is 93.1 Å². The lowest BCUT2D eigenvalue weighted by Gasteiger charge is -2.13. The number of anilines is 1. The van der Waals surface area contributed by atoms with E-state index in [0.717, 1.165) is 9.13 Å². The molecule has 3 rings (SSSR count). The summed E-state index contributed by atoms with van der Waals surface area (Å²) < 4.78 is 5.89. The van der Waals surface area contributed by atoms with E-state index in [9.17, 15) is 14.4 Å². The second kappa shape index (κ2) is 10.0. The van der Waals surface area contributed by atoms with Crippen molar-refractivity contribution in [2.24, 2.45) is 0 Å². The van der Waals surface area contributed by atoms with Gasteiger partial charge >= 0.3 is 5.97 Å². The molecule has 3 aromatic rings. The molecule has 0 saturated heterocycles. The van der Waals surface area contributed by atoms with E-state index in [4.69, 9.17) is 4.74 Å². The summed E-state index contributed by atoms with van der Waals surface area (Å²) in [5.74, 6) is -0.689. The number of hydrogen-bond donors (Lipinski definition) is 2. The van der Waals surface area contributed by atoms with Crippen LogP contribution < -0.4 is 15.4 Å². The van der Waals surface area contributed by atoms with Gasteiger partial charge in [0, 0.05) is 28.3 Å². The van der Waals surface area contributed by atoms with Crippen molar-refractivity contribution >= 4 is 46.1 Å². The number of carbonyl (C=O) groups is 3. The largest absolute Gasteiger partial charge is 0.427 e. The maximum Gasteiger partial charge on any atom is 0.308 e. The minimum Gasteiger partial charge on any atom is -0.427 e. The number of esters is 1. The monoisotopic (exact) mass is 514 g/mol. The number of amides is 2. The predicted octanol–water partition coefficient (Wildman–Crippen LogP) is 4.40. The number of carbonyl (C=O) groups excluding carboxylic acids is 3. The smallest absolute Gasteiger partial charge is 0.308 e. The highest BCUT2D eigenvalue weighted by Crippen LogP contribution is 2.19. The first-order chi connectivity index (χ1) is 14.4. The van der Waals surface area contributed by atoms with Crippen LogP contribution in [0.1, 0.15) is 33.2 Å². The Bertz CT molecular complexity index is 1100. The zero-order chi connectivity index (χ0) is 21.5. The molecular weight excluding hydrogens is 495 g/mol. The fourth-order valence-corrected chi connectivity index (χ4v) is 3.41. The van der Waals surface area contributed by atoms with Gasteiger partial charge in [-0.2, -0.15) is 0 Å². The normalized spacial score (nSPS) is 10.2. The predicted molar refractivity (Wildman–Crippen MR) is 122 cm³/mol. The van der Waals surface area contributed by atoms with Gasteiger partial charge in [0.15, 0.2) is 0 Å². The van der Waals surface area contributed by atoms with Gasteiger partial charge in [0.2, 0.25) is 0 Å². The van der Waals surface area contributed by atoms with Crippen molar-refractivity contribution in [3.8, 4) is 5.75 Å². The van der Waals surface area contributed by atoms with Gasteiger partial charge in [-0.25, -0.2) is 0 Å². The third kappa shape index (κ3) is 5.66. The molecule has 0 spiro atoms. The summed E-state index contributed by atoms with van der Waals surface area (Å²) in [6, 6.07) is 20.9. The number of nitrogens with one attached hydrogen (secondary N) is 2. The Morgan fingerprint density at radius 1 is 0.900 bits per heavy atom. The Balaban J connectivity index is 1.71. The highest BCUT2D eigenvalue weighted by Gasteiger charge is 2.13. The summed E-state index contributed by atoms with van der Waals surface area (Å²) in [5.41, 5.74) is 2.30. The first-order valence-electron chi connectivity index (χ1n) is 9.14. The Kier molecular flexibility index (Phi) is 7.18. The van der Waals surface area contributed by atoms with E-state index in [2.05, 4.69) is 33.2 Å². The average molecular weight is 514 g/mol. The number of halogens is 1. The molecule has 0 saturated carbocycles. The summed E-state index contributed by atoms with van der Waals surface area (Å²) in [6.07, 6.45) is 0. The van der Waals surface area contributed by atoms with Crippen LogP contribution in [0.5, 0.6) is 5.75 Å². The van der Waals surface area contributed by atoms with Crippen LogP contribution in [-0.4, -0.2) is 17.8 Å². The Hall–Kier alpha value is -3.20. The van der Waals surface area contributed by atoms with Crippen molar-refractivity contribution in [1.29, 1.82) is 0 Å². The van der Waals surface area contributed by atoms with Crippen LogP contribution in [0.2, 0.25) is 0 Å². The van der Waals surface area contributed by atoms with E-state index in [1.807, 2.05) is 30.3 Å². The Morgan fingerprint density at radius 3 is 2.40 bits per heavy atom. The summed E-state index contributed by atoms with van der Waals surface area (Å²) in [4.78, 5) is 36.3. The van der Waals surface area contributed by atoms with Crippen molar-refractivity contribution in [2.45, 2.75) is 13.5 Å². The molecule has 2 amide bonds. The van der Waals surface area contributed by atoms with E-state index in [-0.39, 0.29) is 18.4 Å². The molecule has 0 unspecified atom stereocenters. The number of ether oxygens (including phenoxy) is 1. The lowest BCUT2D eigenvalue weighted by atomic mass is 10.1. The van der Waals surface area contributed by atoms with E-state index >= 15 is 0 Å². The molecule has 30 heavy (non-hydrogen) atoms. The molecule has 0 aromatic heterocycles. The zero-order valence-corrected chi connectivity index (χ0v) is 18.3. The van der Waals surface area contributed by atoms with Crippen LogP contribution in [0.4, 0.5) is 5.69 Å². The van der Waals surface area contributed by atoms with Crippen LogP contribution >= 0.6 is 22.6 Å². The van der Waals surface area contributed by atoms with Crippen molar-refractivity contribution in [2.75, 3.05) is 5.32 Å². The van der Waals surface area contributed by atoms with Gasteiger partial charge in [-0.1, -0.05) is 36.4 Å². The number of hydrogen-bond acceptors (Lipinski definition) is 4. The molecule has 0 aliphatic carbocycles. The topological polar surface area (TPSA) is 84.5 Å². The highest BCUT2D eigenvalue weighted by atomic mass is 127. The Morgan fingerprint density at radius 2 is 1.63 bits per heavy atom. The first-order valence-corrected chi connectivity index (χ1v) is 10.2. The molecule has 0 heterocycles. The molecule has 0 radical (unpaired) electrons. The zero-order valence-electron chi connectivity index (χ0n) is 16.1. The van der Waals surface area contributed by atoms with Crippen LogP contribution in [0.3, 0.4) is 0 Å². The minimum atomic E-state index is -0.457. The molecule has 6 nitrogen and oxygen atoms in total. The Labute approximate surface area is 187 Å². The SMILES string of the molecule is CC(=O)Oc1cccc(C(=O)Nc2ccccc2CNC(=O)c2ccccc2I)c1. The second-order valence-corrected chi connectivity index (χ2v) is 7.56. The number of benzene rings is 3. The van der Waals surface area contributed by atoms with Crippen molar-refractivity contribution in [1.82, 2.24) is 5.32 Å². The fraction of sp³-hybridized carbons (Fsp3) is 0.0870. The lowest BCUT2D eigenvalue weighted by Crippen LogP contribution is -2.24. The number of rotatable bonds is 6. The molecule has 7 heteroatoms. The van der Waals surface area contributed by atoms with Gasteiger partial charge in [0.05, 0.1) is 5.56 Å². The third-order valence-electron chi connectivity index (χ3n) is 4.18. The lowest BCUT2D eigenvalue weighted by molar-refractivity contribution is -0.131. The fourth-order valence-electron chi connectivity index (χ4n) is 2.77. The molecule has 3 aromatic carbocycles. The molecule has 152 valence electrons. The highest BCUT2D eigenvalue weighted by molar-refractivity contribution is 14.1. The van der Waals surface area contributed by atoms with Gasteiger partial charge in [0.1, 0.15) is 5.75 Å². The second-order valence-electron chi connectivity index (χ2n) is 6.40. The quantitative estimate of drug-likeness (QED) is 0.290. The molecule has 0 atom stereocenters. The molecule has 0 aliphatic heterocycles. The van der Waals surface area contributed by atoms with Crippen LogP contribution in [0.25, 0.3) is 0 Å². The van der Waals surface area contributed by atoms with Gasteiger partial charge in [-0.05, 0) is 64.6 Å². The van der Waals surface area contributed by atoms with E-state index < -0.39 is 5.97 Å². The van der Waals surface area contributed by atoms with E-state index in [1.54, 1.807) is 36.4 Å². The van der Waals surface area contributed by atoms with Gasteiger partial charge in [-0.15, -0.1) is 0 Å². The molecule has 0 fully saturated rings. The molecule has 0 bridgehead atoms. The number of para-hydroxylation sites is 1. The van der Waals surface area contributed by atoms with E-state index in [1.165, 1.54) is 13.0 Å². The molecular formula is C23H19IN2O4. The first kappa shape index (κ1) is 21.5. The third-order valence-corrected chi connectivity index (χ3v) is 5.12. The van der Waals surface area contributed by atoms with Gasteiger partial charge in [-0.3, -0.25) is 14.4 Å². The van der Waals surface area contributed by atoms with Crippen molar-refractivity contribution < 1.29 is 19.1 Å². The van der Waals surface area contributed by atoms with Crippen LogP contribution in [0.15, 0.2) is 72.8 Å². The summed E-state index contributed by atoms with van der Waals surface area (Å²) in [6.45, 7) is 1.56. The van der Waals surface area contributed by atoms with Crippen LogP contribution in [-0.2, 0) is 11.3 Å². The maximum atomic E-state index is 12.7. The molecule has 0 aliphatic rings. The standard InChI is InChI=1S/C23H19IN2O4/c1-15(27)30-18-9-6-8-16(13-18)22(28)26-21-12-5-2-7-17(21)14-25-23(29)19-10-3-4-11-20(19)24/h2-13H,14H2,1H3,(H,25,29)(H,26,28). The summed E-state index contributed by atoms with van der Waals surface area (Å²) in [5, 5.41) is 5.74. The average Bonchev–Trinajstić information content (AvgIpc) is 2.73. The van der Waals surface area contributed by atoms with Crippen molar-refractivity contribution in [3.63, 3.8) is 0 Å².